The molecule has 1 aromatic carbocycles. The van der Waals surface area contributed by atoms with E-state index in [4.69, 9.17) is 10.1 Å². The van der Waals surface area contributed by atoms with E-state index in [0.29, 0.717) is 18.8 Å². The first-order valence-corrected chi connectivity index (χ1v) is 8.77. The molecule has 2 heterocycles. The number of amides is 1. The standard InChI is InChI=1S/C19H22N4O3/c1-3-9-23-19-14(11-13-8-7-12(2)10-15(13)20-19)18(22-23)21-16(24)5-4-6-17(25)26/h7-8,10-11H,3-6,9H2,1-2H3,(H,25,26)(H,21,22,24). The molecule has 3 rings (SSSR count). The van der Waals surface area contributed by atoms with Gasteiger partial charge in [0.15, 0.2) is 11.5 Å². The summed E-state index contributed by atoms with van der Waals surface area (Å²) in [5, 5.41) is 17.8. The minimum Gasteiger partial charge on any atom is -0.481 e. The molecule has 0 atom stereocenters. The van der Waals surface area contributed by atoms with E-state index in [-0.39, 0.29) is 18.7 Å². The second-order valence-corrected chi connectivity index (χ2v) is 6.42. The van der Waals surface area contributed by atoms with Crippen molar-refractivity contribution in [3.8, 4) is 0 Å². The van der Waals surface area contributed by atoms with E-state index in [1.807, 2.05) is 35.9 Å². The van der Waals surface area contributed by atoms with Crippen LogP contribution >= 0.6 is 0 Å². The van der Waals surface area contributed by atoms with E-state index in [9.17, 15) is 9.59 Å². The lowest BCUT2D eigenvalue weighted by atomic mass is 10.1. The van der Waals surface area contributed by atoms with Gasteiger partial charge in [0, 0.05) is 24.8 Å². The van der Waals surface area contributed by atoms with Crippen LogP contribution in [0.1, 0.15) is 38.2 Å². The average molecular weight is 354 g/mol. The first kappa shape index (κ1) is 17.8. The summed E-state index contributed by atoms with van der Waals surface area (Å²) in [7, 11) is 0. The molecule has 2 N–H and O–H groups in total. The number of carboxylic acids is 1. The molecule has 0 bridgehead atoms. The van der Waals surface area contributed by atoms with Gasteiger partial charge in [-0.25, -0.2) is 9.67 Å². The van der Waals surface area contributed by atoms with Crippen LogP contribution in [0.25, 0.3) is 21.9 Å². The van der Waals surface area contributed by atoms with Gasteiger partial charge in [-0.05, 0) is 37.5 Å². The number of aliphatic carboxylic acids is 1. The minimum absolute atomic E-state index is 0.0238. The van der Waals surface area contributed by atoms with Crippen LogP contribution in [0.5, 0.6) is 0 Å². The number of nitrogens with zero attached hydrogens (tertiary/aromatic N) is 3. The Hall–Kier alpha value is -2.96. The predicted octanol–water partition coefficient (Wildman–Crippen LogP) is 3.50. The number of anilines is 1. The Balaban J connectivity index is 1.95. The molecule has 136 valence electrons. The monoisotopic (exact) mass is 354 g/mol. The molecule has 0 aliphatic rings. The lowest BCUT2D eigenvalue weighted by molar-refractivity contribution is -0.137. The summed E-state index contributed by atoms with van der Waals surface area (Å²) in [6.45, 7) is 4.79. The maximum Gasteiger partial charge on any atom is 0.303 e. The van der Waals surface area contributed by atoms with Crippen molar-refractivity contribution in [3.05, 3.63) is 29.8 Å². The zero-order valence-corrected chi connectivity index (χ0v) is 15.0. The van der Waals surface area contributed by atoms with Crippen LogP contribution in [0.4, 0.5) is 5.82 Å². The zero-order chi connectivity index (χ0) is 18.7. The Kier molecular flexibility index (Phi) is 5.16. The predicted molar refractivity (Wildman–Crippen MR) is 100 cm³/mol. The average Bonchev–Trinajstić information content (AvgIpc) is 2.89. The van der Waals surface area contributed by atoms with Gasteiger partial charge in [0.25, 0.3) is 0 Å². The number of fused-ring (bicyclic) bond motifs is 2. The van der Waals surface area contributed by atoms with Crippen molar-refractivity contribution in [1.29, 1.82) is 0 Å². The van der Waals surface area contributed by atoms with Gasteiger partial charge < -0.3 is 10.4 Å². The summed E-state index contributed by atoms with van der Waals surface area (Å²) >= 11 is 0. The highest BCUT2D eigenvalue weighted by atomic mass is 16.4. The largest absolute Gasteiger partial charge is 0.481 e. The van der Waals surface area contributed by atoms with Crippen molar-refractivity contribution in [2.45, 2.75) is 46.1 Å². The summed E-state index contributed by atoms with van der Waals surface area (Å²) in [5.74, 6) is -0.663. The van der Waals surface area contributed by atoms with Gasteiger partial charge >= 0.3 is 5.97 Å². The van der Waals surface area contributed by atoms with Gasteiger partial charge in [-0.15, -0.1) is 0 Å². The normalized spacial score (nSPS) is 11.2. The quantitative estimate of drug-likeness (QED) is 0.677. The number of carbonyl (C=O) groups excluding carboxylic acids is 1. The van der Waals surface area contributed by atoms with Crippen molar-refractivity contribution < 1.29 is 14.7 Å². The van der Waals surface area contributed by atoms with E-state index in [2.05, 4.69) is 17.3 Å². The molecule has 0 aliphatic heterocycles. The van der Waals surface area contributed by atoms with Gasteiger partial charge in [-0.1, -0.05) is 19.1 Å². The van der Waals surface area contributed by atoms with Gasteiger partial charge in [0.05, 0.1) is 10.9 Å². The van der Waals surface area contributed by atoms with Crippen LogP contribution in [-0.4, -0.2) is 31.7 Å². The summed E-state index contributed by atoms with van der Waals surface area (Å²) < 4.78 is 1.81. The molecular formula is C19H22N4O3. The lowest BCUT2D eigenvalue weighted by Gasteiger charge is -2.03. The summed E-state index contributed by atoms with van der Waals surface area (Å²) in [4.78, 5) is 27.5. The van der Waals surface area contributed by atoms with E-state index in [0.717, 1.165) is 33.9 Å². The molecule has 7 nitrogen and oxygen atoms in total. The summed E-state index contributed by atoms with van der Waals surface area (Å²) in [6, 6.07) is 8.05. The van der Waals surface area contributed by atoms with Crippen LogP contribution in [0.15, 0.2) is 24.3 Å². The number of pyridine rings is 1. The first-order valence-electron chi connectivity index (χ1n) is 8.77. The number of carbonyl (C=O) groups is 2. The molecule has 26 heavy (non-hydrogen) atoms. The van der Waals surface area contributed by atoms with Gasteiger partial charge in [0.1, 0.15) is 0 Å². The molecule has 0 fully saturated rings. The molecule has 0 unspecified atom stereocenters. The number of hydrogen-bond acceptors (Lipinski definition) is 4. The zero-order valence-electron chi connectivity index (χ0n) is 15.0. The summed E-state index contributed by atoms with van der Waals surface area (Å²) in [5.41, 5.74) is 2.78. The van der Waals surface area contributed by atoms with Crippen LogP contribution < -0.4 is 5.32 Å². The molecule has 0 radical (unpaired) electrons. The Labute approximate surface area is 151 Å². The highest BCUT2D eigenvalue weighted by Gasteiger charge is 2.15. The molecule has 0 saturated heterocycles. The second kappa shape index (κ2) is 7.51. The van der Waals surface area contributed by atoms with Crippen LogP contribution in [0, 0.1) is 6.92 Å². The molecule has 7 heteroatoms. The number of rotatable bonds is 7. The molecule has 0 aliphatic carbocycles. The third-order valence-corrected chi connectivity index (χ3v) is 4.16. The fourth-order valence-corrected chi connectivity index (χ4v) is 2.91. The van der Waals surface area contributed by atoms with E-state index in [1.165, 1.54) is 0 Å². The SMILES string of the molecule is CCCn1nc(NC(=O)CCCC(=O)O)c2cc3ccc(C)cc3nc21. The van der Waals surface area contributed by atoms with Gasteiger partial charge in [0.2, 0.25) is 5.91 Å². The lowest BCUT2D eigenvalue weighted by Crippen LogP contribution is -2.13. The topological polar surface area (TPSA) is 97.1 Å². The van der Waals surface area contributed by atoms with Crippen LogP contribution in [0.2, 0.25) is 0 Å². The van der Waals surface area contributed by atoms with Crippen molar-refractivity contribution in [1.82, 2.24) is 14.8 Å². The first-order chi connectivity index (χ1) is 12.5. The van der Waals surface area contributed by atoms with Gasteiger partial charge in [-0.3, -0.25) is 9.59 Å². The number of hydrogen-bond donors (Lipinski definition) is 2. The van der Waals surface area contributed by atoms with Crippen molar-refractivity contribution >= 4 is 39.6 Å². The smallest absolute Gasteiger partial charge is 0.303 e. The Morgan fingerprint density at radius 2 is 2.04 bits per heavy atom. The van der Waals surface area contributed by atoms with Crippen LogP contribution in [0.3, 0.4) is 0 Å². The molecular weight excluding hydrogens is 332 g/mol. The number of aryl methyl sites for hydroxylation is 2. The fraction of sp³-hybridized carbons (Fsp3) is 0.368. The molecule has 3 aromatic rings. The Bertz CT molecular complexity index is 978. The number of benzene rings is 1. The van der Waals surface area contributed by atoms with E-state index in [1.54, 1.807) is 0 Å². The Morgan fingerprint density at radius 1 is 1.23 bits per heavy atom. The van der Waals surface area contributed by atoms with Gasteiger partial charge in [-0.2, -0.15) is 5.10 Å². The van der Waals surface area contributed by atoms with Crippen molar-refractivity contribution in [2.75, 3.05) is 5.32 Å². The van der Waals surface area contributed by atoms with Crippen molar-refractivity contribution in [2.24, 2.45) is 0 Å². The van der Waals surface area contributed by atoms with Crippen LogP contribution in [-0.2, 0) is 16.1 Å². The maximum atomic E-state index is 12.1. The molecule has 2 aromatic heterocycles. The third-order valence-electron chi connectivity index (χ3n) is 4.16. The highest BCUT2D eigenvalue weighted by molar-refractivity contribution is 6.02. The maximum absolute atomic E-state index is 12.1. The molecule has 0 saturated carbocycles. The second-order valence-electron chi connectivity index (χ2n) is 6.42. The van der Waals surface area contributed by atoms with E-state index >= 15 is 0 Å². The highest BCUT2D eigenvalue weighted by Crippen LogP contribution is 2.27. The molecule has 1 amide bonds. The number of carboxylic acid groups (broad SMARTS) is 1. The molecule has 0 spiro atoms. The minimum atomic E-state index is -0.901. The fourth-order valence-electron chi connectivity index (χ4n) is 2.91. The van der Waals surface area contributed by atoms with E-state index < -0.39 is 5.97 Å². The van der Waals surface area contributed by atoms with Crippen molar-refractivity contribution in [3.63, 3.8) is 0 Å². The number of aromatic nitrogens is 3. The summed E-state index contributed by atoms with van der Waals surface area (Å²) in [6.07, 6.45) is 1.32. The third kappa shape index (κ3) is 3.82. The number of nitrogens with one attached hydrogen (secondary N) is 1. The Morgan fingerprint density at radius 3 is 2.77 bits per heavy atom.